The summed E-state index contributed by atoms with van der Waals surface area (Å²) in [5.41, 5.74) is 0.803. The van der Waals surface area contributed by atoms with Gasteiger partial charge in [0.25, 0.3) is 5.91 Å². The number of aromatic nitrogens is 2. The minimum atomic E-state index is -4.49. The minimum absolute atomic E-state index is 0.0537. The van der Waals surface area contributed by atoms with Crippen molar-refractivity contribution in [2.45, 2.75) is 62.8 Å². The summed E-state index contributed by atoms with van der Waals surface area (Å²) in [5, 5.41) is 10.0. The molecule has 30 heavy (non-hydrogen) atoms. The summed E-state index contributed by atoms with van der Waals surface area (Å²) < 4.78 is 47.6. The van der Waals surface area contributed by atoms with Crippen LogP contribution in [0.15, 0.2) is 30.5 Å². The van der Waals surface area contributed by atoms with Crippen molar-refractivity contribution in [2.24, 2.45) is 0 Å². The molecule has 4 rings (SSSR count). The standard InChI is InChI=1S/C21H25F3N4O2/c1-30-15-9-5-6-13(10-15)17-11-18(21(22,23)24)28-19(27-17)16(12-25-28)20(29)26-14-7-3-2-4-8-14/h5-6,9-10,12,14,17-18,27H,2-4,7-8,11H2,1H3,(H,26,29)/t17-,18+/m1/s1. The third kappa shape index (κ3) is 4.11. The van der Waals surface area contributed by atoms with E-state index in [0.717, 1.165) is 36.8 Å². The Morgan fingerprint density at radius 2 is 2.03 bits per heavy atom. The van der Waals surface area contributed by atoms with Crippen molar-refractivity contribution in [3.63, 3.8) is 0 Å². The Morgan fingerprint density at radius 3 is 2.73 bits per heavy atom. The Hall–Kier alpha value is -2.71. The van der Waals surface area contributed by atoms with E-state index in [1.807, 2.05) is 0 Å². The molecule has 9 heteroatoms. The second-order valence-electron chi connectivity index (χ2n) is 7.93. The molecule has 1 aromatic carbocycles. The first-order chi connectivity index (χ1) is 14.4. The van der Waals surface area contributed by atoms with E-state index in [1.54, 1.807) is 24.3 Å². The number of alkyl halides is 3. The van der Waals surface area contributed by atoms with E-state index < -0.39 is 18.3 Å². The van der Waals surface area contributed by atoms with Gasteiger partial charge in [0.05, 0.1) is 19.3 Å². The Morgan fingerprint density at radius 1 is 1.27 bits per heavy atom. The first-order valence-electron chi connectivity index (χ1n) is 10.2. The highest BCUT2D eigenvalue weighted by molar-refractivity contribution is 5.99. The summed E-state index contributed by atoms with van der Waals surface area (Å²) in [5.74, 6) is 0.278. The number of amides is 1. The number of nitrogens with zero attached hydrogens (tertiary/aromatic N) is 2. The van der Waals surface area contributed by atoms with Crippen molar-refractivity contribution >= 4 is 11.7 Å². The number of methoxy groups -OCH3 is 1. The van der Waals surface area contributed by atoms with Gasteiger partial charge in [0.1, 0.15) is 17.1 Å². The lowest BCUT2D eigenvalue weighted by molar-refractivity contribution is -0.173. The zero-order chi connectivity index (χ0) is 21.3. The monoisotopic (exact) mass is 422 g/mol. The van der Waals surface area contributed by atoms with Gasteiger partial charge in [-0.2, -0.15) is 18.3 Å². The molecule has 0 saturated heterocycles. The molecular formula is C21H25F3N4O2. The van der Waals surface area contributed by atoms with Crippen molar-refractivity contribution in [3.8, 4) is 5.75 Å². The van der Waals surface area contributed by atoms with Gasteiger partial charge in [0, 0.05) is 12.5 Å². The number of fused-ring (bicyclic) bond motifs is 1. The fraction of sp³-hybridized carbons (Fsp3) is 0.524. The molecule has 0 spiro atoms. The van der Waals surface area contributed by atoms with Gasteiger partial charge in [-0.25, -0.2) is 4.68 Å². The summed E-state index contributed by atoms with van der Waals surface area (Å²) in [6.45, 7) is 0. The van der Waals surface area contributed by atoms with Crippen molar-refractivity contribution < 1.29 is 22.7 Å². The largest absolute Gasteiger partial charge is 0.497 e. The molecule has 1 saturated carbocycles. The zero-order valence-electron chi connectivity index (χ0n) is 16.7. The average molecular weight is 422 g/mol. The Labute approximate surface area is 172 Å². The maximum Gasteiger partial charge on any atom is 0.410 e. The number of hydrogen-bond donors (Lipinski definition) is 2. The predicted molar refractivity (Wildman–Crippen MR) is 106 cm³/mol. The summed E-state index contributed by atoms with van der Waals surface area (Å²) in [4.78, 5) is 12.8. The van der Waals surface area contributed by atoms with E-state index in [4.69, 9.17) is 4.74 Å². The van der Waals surface area contributed by atoms with Crippen molar-refractivity contribution in [3.05, 3.63) is 41.6 Å². The molecule has 1 aliphatic heterocycles. The molecule has 2 aromatic rings. The first-order valence-corrected chi connectivity index (χ1v) is 10.2. The maximum atomic E-state index is 13.8. The van der Waals surface area contributed by atoms with Crippen LogP contribution in [0.25, 0.3) is 0 Å². The molecule has 2 heterocycles. The highest BCUT2D eigenvalue weighted by Crippen LogP contribution is 2.44. The maximum absolute atomic E-state index is 13.8. The van der Waals surface area contributed by atoms with E-state index in [1.165, 1.54) is 13.3 Å². The third-order valence-electron chi connectivity index (χ3n) is 5.92. The Kier molecular flexibility index (Phi) is 5.62. The van der Waals surface area contributed by atoms with Crippen LogP contribution >= 0.6 is 0 Å². The van der Waals surface area contributed by atoms with Crippen LogP contribution in [0.5, 0.6) is 5.75 Å². The van der Waals surface area contributed by atoms with Crippen LogP contribution in [0, 0.1) is 0 Å². The van der Waals surface area contributed by atoms with Crippen molar-refractivity contribution in [1.82, 2.24) is 15.1 Å². The molecule has 2 N–H and O–H groups in total. The van der Waals surface area contributed by atoms with Gasteiger partial charge < -0.3 is 15.4 Å². The fourth-order valence-electron chi connectivity index (χ4n) is 4.32. The second kappa shape index (κ2) is 8.20. The quantitative estimate of drug-likeness (QED) is 0.755. The number of anilines is 1. The molecule has 2 atom stereocenters. The van der Waals surface area contributed by atoms with Gasteiger partial charge in [-0.15, -0.1) is 0 Å². The normalized spacial score (nSPS) is 22.1. The minimum Gasteiger partial charge on any atom is -0.497 e. The van der Waals surface area contributed by atoms with E-state index in [0.29, 0.717) is 11.3 Å². The van der Waals surface area contributed by atoms with Gasteiger partial charge in [-0.1, -0.05) is 31.4 Å². The summed E-state index contributed by atoms with van der Waals surface area (Å²) >= 11 is 0. The number of benzene rings is 1. The van der Waals surface area contributed by atoms with Gasteiger partial charge in [-0.3, -0.25) is 4.79 Å². The van der Waals surface area contributed by atoms with Crippen LogP contribution in [0.4, 0.5) is 19.0 Å². The number of ether oxygens (including phenoxy) is 1. The lowest BCUT2D eigenvalue weighted by Gasteiger charge is -2.34. The van der Waals surface area contributed by atoms with E-state index >= 15 is 0 Å². The second-order valence-corrected chi connectivity index (χ2v) is 7.93. The molecule has 1 aliphatic carbocycles. The van der Waals surface area contributed by atoms with Gasteiger partial charge in [-0.05, 0) is 30.5 Å². The highest BCUT2D eigenvalue weighted by atomic mass is 19.4. The SMILES string of the molecule is COc1cccc([C@H]2C[C@@H](C(F)(F)F)n3ncc(C(=O)NC4CCCCC4)c3N2)c1. The molecule has 162 valence electrons. The third-order valence-corrected chi connectivity index (χ3v) is 5.92. The van der Waals surface area contributed by atoms with Gasteiger partial charge in [0.2, 0.25) is 0 Å². The van der Waals surface area contributed by atoms with Crippen molar-refractivity contribution in [1.29, 1.82) is 0 Å². The molecule has 1 amide bonds. The predicted octanol–water partition coefficient (Wildman–Crippen LogP) is 4.61. The highest BCUT2D eigenvalue weighted by Gasteiger charge is 2.47. The summed E-state index contributed by atoms with van der Waals surface area (Å²) in [6.07, 6.45) is 1.53. The van der Waals surface area contributed by atoms with Crippen LogP contribution in [0.3, 0.4) is 0 Å². The molecular weight excluding hydrogens is 397 g/mol. The smallest absolute Gasteiger partial charge is 0.410 e. The Balaban J connectivity index is 1.65. The van der Waals surface area contributed by atoms with Crippen molar-refractivity contribution in [2.75, 3.05) is 12.4 Å². The lowest BCUT2D eigenvalue weighted by atomic mass is 9.95. The molecule has 6 nitrogen and oxygen atoms in total. The molecule has 0 bridgehead atoms. The van der Waals surface area contributed by atoms with Gasteiger partial charge >= 0.3 is 6.18 Å². The number of carbonyl (C=O) groups is 1. The molecule has 2 aliphatic rings. The number of hydrogen-bond acceptors (Lipinski definition) is 4. The van der Waals surface area contributed by atoms with E-state index in [2.05, 4.69) is 15.7 Å². The van der Waals surface area contributed by atoms with Crippen LogP contribution < -0.4 is 15.4 Å². The van der Waals surface area contributed by atoms with Crippen LogP contribution in [-0.4, -0.2) is 35.0 Å². The molecule has 1 fully saturated rings. The topological polar surface area (TPSA) is 68.2 Å². The van der Waals surface area contributed by atoms with E-state index in [9.17, 15) is 18.0 Å². The average Bonchev–Trinajstić information content (AvgIpc) is 3.17. The molecule has 1 aromatic heterocycles. The molecule has 0 unspecified atom stereocenters. The lowest BCUT2D eigenvalue weighted by Crippen LogP contribution is -2.38. The number of halogens is 3. The van der Waals surface area contributed by atoms with Crippen LogP contribution in [-0.2, 0) is 0 Å². The summed E-state index contributed by atoms with van der Waals surface area (Å²) in [6, 6.07) is 4.54. The van der Waals surface area contributed by atoms with Crippen LogP contribution in [0.1, 0.15) is 66.5 Å². The fourth-order valence-corrected chi connectivity index (χ4v) is 4.32. The van der Waals surface area contributed by atoms with Gasteiger partial charge in [0.15, 0.2) is 6.04 Å². The number of nitrogens with one attached hydrogen (secondary N) is 2. The number of carbonyl (C=O) groups excluding carboxylic acids is 1. The first kappa shape index (κ1) is 20.6. The zero-order valence-corrected chi connectivity index (χ0v) is 16.7. The Bertz CT molecular complexity index is 906. The number of rotatable bonds is 4. The summed E-state index contributed by atoms with van der Waals surface area (Å²) in [7, 11) is 1.51. The van der Waals surface area contributed by atoms with E-state index in [-0.39, 0.29) is 29.8 Å². The molecule has 0 radical (unpaired) electrons. The van der Waals surface area contributed by atoms with Crippen LogP contribution in [0.2, 0.25) is 0 Å².